The van der Waals surface area contributed by atoms with Gasteiger partial charge >= 0.3 is 5.69 Å². The molecule has 0 fully saturated rings. The third-order valence-corrected chi connectivity index (χ3v) is 6.15. The number of nitro groups is 1. The van der Waals surface area contributed by atoms with Crippen molar-refractivity contribution in [1.82, 2.24) is 0 Å². The molecule has 0 bridgehead atoms. The second-order valence-corrected chi connectivity index (χ2v) is 7.67. The zero-order valence-corrected chi connectivity index (χ0v) is 18.4. The number of rotatable bonds is 1. The maximum Gasteiger partial charge on any atom is 0.329 e. The van der Waals surface area contributed by atoms with Gasteiger partial charge in [-0.05, 0) is 69.0 Å². The van der Waals surface area contributed by atoms with Crippen LogP contribution in [0.5, 0.6) is 23.0 Å². The van der Waals surface area contributed by atoms with E-state index < -0.39 is 4.92 Å². The van der Waals surface area contributed by atoms with Crippen molar-refractivity contribution in [3.05, 3.63) is 42.3 Å². The van der Waals surface area contributed by atoms with Crippen molar-refractivity contribution in [3.63, 3.8) is 0 Å². The van der Waals surface area contributed by atoms with E-state index in [4.69, 9.17) is 24.7 Å². The summed E-state index contributed by atoms with van der Waals surface area (Å²) in [6.07, 6.45) is 0. The van der Waals surface area contributed by atoms with E-state index in [9.17, 15) is 10.1 Å². The van der Waals surface area contributed by atoms with Gasteiger partial charge < -0.3 is 24.7 Å². The van der Waals surface area contributed by atoms with Gasteiger partial charge in [0.2, 0.25) is 5.75 Å². The molecule has 0 amide bonds. The van der Waals surface area contributed by atoms with Crippen molar-refractivity contribution < 1.29 is 23.9 Å². The molecule has 2 N–H and O–H groups in total. The van der Waals surface area contributed by atoms with E-state index in [0.717, 1.165) is 21.3 Å². The first-order valence-corrected chi connectivity index (χ1v) is 9.97. The van der Waals surface area contributed by atoms with Gasteiger partial charge in [-0.1, -0.05) is 0 Å². The maximum absolute atomic E-state index is 10.9. The van der Waals surface area contributed by atoms with Gasteiger partial charge in [-0.3, -0.25) is 10.1 Å². The highest BCUT2D eigenvalue weighted by Crippen LogP contribution is 2.45. The SMILES string of the molecule is Cc1cc2c(c(N)c1Br)OCCO2.Cc1cc2c(c([N+](=O)[O-])c1Br)OCCO2. The second kappa shape index (κ2) is 8.44. The van der Waals surface area contributed by atoms with Crippen LogP contribution in [0.2, 0.25) is 0 Å². The number of nitrogens with two attached hydrogens (primary N) is 1. The third-order valence-electron chi connectivity index (χ3n) is 4.10. The summed E-state index contributed by atoms with van der Waals surface area (Å²) < 4.78 is 22.7. The summed E-state index contributed by atoms with van der Waals surface area (Å²) >= 11 is 6.58. The minimum Gasteiger partial charge on any atom is -0.486 e. The number of ether oxygens (including phenoxy) is 4. The van der Waals surface area contributed by atoms with Gasteiger partial charge in [0.25, 0.3) is 0 Å². The van der Waals surface area contributed by atoms with Crippen LogP contribution in [-0.4, -0.2) is 31.4 Å². The lowest BCUT2D eigenvalue weighted by Crippen LogP contribution is -2.16. The average molecular weight is 518 g/mol. The fraction of sp³-hybridized carbons (Fsp3) is 0.333. The maximum atomic E-state index is 10.9. The monoisotopic (exact) mass is 516 g/mol. The molecule has 0 spiro atoms. The Kier molecular flexibility index (Phi) is 6.19. The smallest absolute Gasteiger partial charge is 0.329 e. The van der Waals surface area contributed by atoms with E-state index in [0.29, 0.717) is 48.1 Å². The Hall–Kier alpha value is -2.20. The molecule has 0 atom stereocenters. The molecule has 150 valence electrons. The predicted molar refractivity (Wildman–Crippen MR) is 111 cm³/mol. The molecule has 0 aliphatic carbocycles. The minimum absolute atomic E-state index is 0.0651. The summed E-state index contributed by atoms with van der Waals surface area (Å²) in [4.78, 5) is 10.4. The van der Waals surface area contributed by atoms with E-state index in [1.54, 1.807) is 13.0 Å². The van der Waals surface area contributed by atoms with Crippen molar-refractivity contribution in [1.29, 1.82) is 0 Å². The molecule has 0 aromatic heterocycles. The second-order valence-electron chi connectivity index (χ2n) is 6.08. The number of nitrogens with zero attached hydrogens (tertiary/aromatic N) is 1. The topological polar surface area (TPSA) is 106 Å². The molecule has 2 heterocycles. The molecule has 10 heteroatoms. The Morgan fingerprint density at radius 1 is 0.893 bits per heavy atom. The van der Waals surface area contributed by atoms with E-state index in [-0.39, 0.29) is 11.4 Å². The van der Waals surface area contributed by atoms with Crippen LogP contribution in [0.25, 0.3) is 0 Å². The summed E-state index contributed by atoms with van der Waals surface area (Å²) in [5.74, 6) is 2.05. The summed E-state index contributed by atoms with van der Waals surface area (Å²) in [7, 11) is 0. The number of fused-ring (bicyclic) bond motifs is 2. The van der Waals surface area contributed by atoms with Gasteiger partial charge in [0.05, 0.1) is 10.6 Å². The van der Waals surface area contributed by atoms with Crippen molar-refractivity contribution in [2.24, 2.45) is 0 Å². The van der Waals surface area contributed by atoms with Crippen LogP contribution in [0.15, 0.2) is 21.1 Å². The van der Waals surface area contributed by atoms with Gasteiger partial charge in [0.1, 0.15) is 30.9 Å². The third kappa shape index (κ3) is 3.97. The highest BCUT2D eigenvalue weighted by atomic mass is 79.9. The number of benzene rings is 2. The first-order valence-electron chi connectivity index (χ1n) is 8.38. The standard InChI is InChI=1S/C9H8BrNO4.C9H10BrNO2/c1-5-4-6-9(15-3-2-14-6)8(7(5)10)11(12)13;1-5-4-6-9(8(11)7(5)10)13-3-2-12-6/h4H,2-3H2,1H3;4H,2-3,11H2,1H3. The Bertz CT molecular complexity index is 935. The van der Waals surface area contributed by atoms with Crippen molar-refractivity contribution in [2.45, 2.75) is 13.8 Å². The summed E-state index contributed by atoms with van der Waals surface area (Å²) in [6, 6.07) is 3.65. The van der Waals surface area contributed by atoms with E-state index in [1.165, 1.54) is 0 Å². The molecular weight excluding hydrogens is 500 g/mol. The fourth-order valence-electron chi connectivity index (χ4n) is 2.76. The number of halogens is 2. The lowest BCUT2D eigenvalue weighted by atomic mass is 10.2. The molecule has 0 saturated carbocycles. The Morgan fingerprint density at radius 2 is 1.36 bits per heavy atom. The minimum atomic E-state index is -0.468. The Balaban J connectivity index is 0.000000162. The highest BCUT2D eigenvalue weighted by molar-refractivity contribution is 9.11. The largest absolute Gasteiger partial charge is 0.486 e. The van der Waals surface area contributed by atoms with Crippen LogP contribution < -0.4 is 24.7 Å². The number of aryl methyl sites for hydroxylation is 2. The Morgan fingerprint density at radius 3 is 1.93 bits per heavy atom. The van der Waals surface area contributed by atoms with Crippen LogP contribution in [-0.2, 0) is 0 Å². The molecule has 0 saturated heterocycles. The number of hydrogen-bond acceptors (Lipinski definition) is 7. The highest BCUT2D eigenvalue weighted by Gasteiger charge is 2.28. The molecule has 2 aliphatic rings. The normalized spacial score (nSPS) is 14.0. The number of nitro benzene ring substituents is 1. The molecule has 2 aromatic rings. The molecular formula is C18H18Br2N2O6. The van der Waals surface area contributed by atoms with Crippen molar-refractivity contribution >= 4 is 43.2 Å². The van der Waals surface area contributed by atoms with Crippen LogP contribution in [0, 0.1) is 24.0 Å². The molecule has 4 rings (SSSR count). The molecule has 28 heavy (non-hydrogen) atoms. The number of nitrogen functional groups attached to an aromatic ring is 1. The van der Waals surface area contributed by atoms with Gasteiger partial charge in [-0.2, -0.15) is 0 Å². The lowest BCUT2D eigenvalue weighted by Gasteiger charge is -2.21. The van der Waals surface area contributed by atoms with Crippen LogP contribution >= 0.6 is 31.9 Å². The summed E-state index contributed by atoms with van der Waals surface area (Å²) in [5, 5.41) is 10.9. The van der Waals surface area contributed by atoms with Crippen LogP contribution in [0.1, 0.15) is 11.1 Å². The number of hydrogen-bond donors (Lipinski definition) is 1. The molecule has 0 unspecified atom stereocenters. The summed E-state index contributed by atoms with van der Waals surface area (Å²) in [6.45, 7) is 5.66. The number of anilines is 1. The van der Waals surface area contributed by atoms with Gasteiger partial charge in [-0.15, -0.1) is 0 Å². The predicted octanol–water partition coefficient (Wildman–Crippen LogP) is 4.55. The van der Waals surface area contributed by atoms with Gasteiger partial charge in [-0.25, -0.2) is 0 Å². The molecule has 8 nitrogen and oxygen atoms in total. The zero-order valence-electron chi connectivity index (χ0n) is 15.2. The fourth-order valence-corrected chi connectivity index (χ4v) is 3.49. The quantitative estimate of drug-likeness (QED) is 0.336. The van der Waals surface area contributed by atoms with Crippen molar-refractivity contribution in [3.8, 4) is 23.0 Å². The van der Waals surface area contributed by atoms with Gasteiger partial charge in [0, 0.05) is 4.47 Å². The first kappa shape index (κ1) is 20.5. The lowest BCUT2D eigenvalue weighted by molar-refractivity contribution is -0.387. The average Bonchev–Trinajstić information content (AvgIpc) is 2.67. The molecule has 2 aliphatic heterocycles. The summed E-state index contributed by atoms with van der Waals surface area (Å²) in [5.41, 5.74) is 8.22. The molecule has 0 radical (unpaired) electrons. The van der Waals surface area contributed by atoms with Crippen LogP contribution in [0.4, 0.5) is 11.4 Å². The van der Waals surface area contributed by atoms with Crippen LogP contribution in [0.3, 0.4) is 0 Å². The van der Waals surface area contributed by atoms with E-state index in [2.05, 4.69) is 31.9 Å². The molecule has 2 aromatic carbocycles. The van der Waals surface area contributed by atoms with Gasteiger partial charge in [0.15, 0.2) is 17.2 Å². The first-order chi connectivity index (χ1) is 13.3. The Labute approximate surface area is 178 Å². The van der Waals surface area contributed by atoms with Crippen molar-refractivity contribution in [2.75, 3.05) is 32.2 Å². The van der Waals surface area contributed by atoms with E-state index in [1.807, 2.05) is 13.0 Å². The van der Waals surface area contributed by atoms with E-state index >= 15 is 0 Å². The zero-order chi connectivity index (χ0) is 20.4.